The SMILES string of the molecule is COC(=O)c1ccc(C(C)(C)C)n1NC(=O)Nc1ccc(C2=CC(=O)N(c3ccncc3)CC2)c2ccccc12. The summed E-state index contributed by atoms with van der Waals surface area (Å²) >= 11 is 0. The lowest BCUT2D eigenvalue weighted by Crippen LogP contribution is -2.34. The lowest BCUT2D eigenvalue weighted by Gasteiger charge is -2.27. The number of carbonyl (C=O) groups excluding carboxylic acids is 3. The molecule has 0 bridgehead atoms. The number of hydrogen-bond donors (Lipinski definition) is 2. The van der Waals surface area contributed by atoms with Crippen molar-refractivity contribution in [2.75, 3.05) is 29.3 Å². The molecule has 0 radical (unpaired) electrons. The van der Waals surface area contributed by atoms with Gasteiger partial charge in [0.1, 0.15) is 5.69 Å². The van der Waals surface area contributed by atoms with Crippen molar-refractivity contribution in [3.63, 3.8) is 0 Å². The maximum atomic E-state index is 13.2. The predicted octanol–water partition coefficient (Wildman–Crippen LogP) is 5.72. The summed E-state index contributed by atoms with van der Waals surface area (Å²) in [5.41, 5.74) is 6.72. The smallest absolute Gasteiger partial charge is 0.356 e. The minimum Gasteiger partial charge on any atom is -0.464 e. The van der Waals surface area contributed by atoms with Crippen molar-refractivity contribution >= 4 is 45.6 Å². The summed E-state index contributed by atoms with van der Waals surface area (Å²) < 4.78 is 6.37. The highest BCUT2D eigenvalue weighted by atomic mass is 16.5. The average Bonchev–Trinajstić information content (AvgIpc) is 3.37. The maximum Gasteiger partial charge on any atom is 0.356 e. The minimum absolute atomic E-state index is 0.0825. The van der Waals surface area contributed by atoms with E-state index in [1.807, 2.05) is 69.3 Å². The van der Waals surface area contributed by atoms with Crippen molar-refractivity contribution in [1.29, 1.82) is 0 Å². The predicted molar refractivity (Wildman–Crippen MR) is 156 cm³/mol. The molecule has 3 amide bonds. The molecule has 0 spiro atoms. The fraction of sp³-hybridized carbons (Fsp3) is 0.226. The maximum absolute atomic E-state index is 13.2. The number of nitrogens with one attached hydrogen (secondary N) is 2. The van der Waals surface area contributed by atoms with Gasteiger partial charge >= 0.3 is 12.0 Å². The van der Waals surface area contributed by atoms with E-state index in [1.165, 1.54) is 11.8 Å². The highest BCUT2D eigenvalue weighted by molar-refractivity contribution is 6.12. The highest BCUT2D eigenvalue weighted by Gasteiger charge is 2.26. The first-order chi connectivity index (χ1) is 19.2. The number of pyridine rings is 1. The number of aromatic nitrogens is 2. The molecule has 3 heterocycles. The number of methoxy groups -OCH3 is 1. The number of esters is 1. The van der Waals surface area contributed by atoms with Crippen LogP contribution in [0.4, 0.5) is 16.2 Å². The zero-order valence-corrected chi connectivity index (χ0v) is 22.9. The molecule has 2 N–H and O–H groups in total. The van der Waals surface area contributed by atoms with Gasteiger partial charge in [-0.3, -0.25) is 9.78 Å². The van der Waals surface area contributed by atoms with E-state index < -0.39 is 12.0 Å². The number of ether oxygens (including phenoxy) is 1. The molecule has 9 nitrogen and oxygen atoms in total. The molecule has 0 fully saturated rings. The summed E-state index contributed by atoms with van der Waals surface area (Å²) in [5.74, 6) is -0.635. The fourth-order valence-electron chi connectivity index (χ4n) is 4.98. The van der Waals surface area contributed by atoms with E-state index in [0.29, 0.717) is 18.7 Å². The van der Waals surface area contributed by atoms with Crippen molar-refractivity contribution in [2.24, 2.45) is 0 Å². The highest BCUT2D eigenvalue weighted by Crippen LogP contribution is 2.34. The second kappa shape index (κ2) is 10.7. The zero-order chi connectivity index (χ0) is 28.4. The van der Waals surface area contributed by atoms with Crippen molar-refractivity contribution in [1.82, 2.24) is 9.66 Å². The Morgan fingerprint density at radius 1 is 0.950 bits per heavy atom. The summed E-state index contributed by atoms with van der Waals surface area (Å²) in [6.07, 6.45) is 5.71. The lowest BCUT2D eigenvalue weighted by atomic mass is 9.92. The normalized spacial score (nSPS) is 13.7. The number of nitrogens with zero attached hydrogens (tertiary/aromatic N) is 3. The van der Waals surface area contributed by atoms with Crippen LogP contribution in [-0.2, 0) is 14.9 Å². The average molecular weight is 538 g/mol. The number of rotatable bonds is 5. The van der Waals surface area contributed by atoms with Gasteiger partial charge in [0.15, 0.2) is 0 Å². The Labute approximate surface area is 232 Å². The summed E-state index contributed by atoms with van der Waals surface area (Å²) in [6.45, 7) is 6.53. The van der Waals surface area contributed by atoms with Crippen LogP contribution >= 0.6 is 0 Å². The molecule has 1 aliphatic heterocycles. The Balaban J connectivity index is 1.43. The van der Waals surface area contributed by atoms with Crippen LogP contribution in [0, 0.1) is 0 Å². The van der Waals surface area contributed by atoms with Crippen molar-refractivity contribution < 1.29 is 19.1 Å². The van der Waals surface area contributed by atoms with E-state index in [4.69, 9.17) is 4.74 Å². The third-order valence-electron chi connectivity index (χ3n) is 6.92. The van der Waals surface area contributed by atoms with Crippen molar-refractivity contribution in [3.8, 4) is 0 Å². The first-order valence-electron chi connectivity index (χ1n) is 13.0. The van der Waals surface area contributed by atoms with E-state index in [1.54, 1.807) is 35.5 Å². The molecular weight excluding hydrogens is 506 g/mol. The molecule has 0 unspecified atom stereocenters. The van der Waals surface area contributed by atoms with Gasteiger partial charge in [0, 0.05) is 47.2 Å². The number of anilines is 2. The molecule has 9 heteroatoms. The van der Waals surface area contributed by atoms with E-state index in [2.05, 4.69) is 15.7 Å². The van der Waals surface area contributed by atoms with E-state index in [9.17, 15) is 14.4 Å². The zero-order valence-electron chi connectivity index (χ0n) is 22.9. The molecule has 4 aromatic rings. The Morgan fingerprint density at radius 3 is 2.35 bits per heavy atom. The molecular formula is C31H31N5O4. The molecule has 0 saturated heterocycles. The third-order valence-corrected chi connectivity index (χ3v) is 6.92. The van der Waals surface area contributed by atoms with Crippen LogP contribution < -0.4 is 15.6 Å². The molecule has 0 atom stereocenters. The molecule has 40 heavy (non-hydrogen) atoms. The lowest BCUT2D eigenvalue weighted by molar-refractivity contribution is -0.114. The Kier molecular flexibility index (Phi) is 7.13. The van der Waals surface area contributed by atoms with Gasteiger partial charge in [-0.1, -0.05) is 51.1 Å². The van der Waals surface area contributed by atoms with Crippen molar-refractivity contribution in [2.45, 2.75) is 32.6 Å². The van der Waals surface area contributed by atoms with E-state index in [0.717, 1.165) is 33.3 Å². The van der Waals surface area contributed by atoms with Gasteiger partial charge < -0.3 is 15.0 Å². The van der Waals surface area contributed by atoms with Gasteiger partial charge in [-0.25, -0.2) is 19.7 Å². The van der Waals surface area contributed by atoms with Crippen LogP contribution in [-0.4, -0.2) is 41.2 Å². The topological polar surface area (TPSA) is 106 Å². The Bertz CT molecular complexity index is 1630. The number of carbonyl (C=O) groups is 3. The summed E-state index contributed by atoms with van der Waals surface area (Å²) in [5, 5.41) is 4.68. The van der Waals surface area contributed by atoms with Gasteiger partial charge in [-0.15, -0.1) is 0 Å². The van der Waals surface area contributed by atoms with Crippen LogP contribution in [0.2, 0.25) is 0 Å². The van der Waals surface area contributed by atoms with Gasteiger partial charge in [-0.2, -0.15) is 0 Å². The number of hydrogen-bond acceptors (Lipinski definition) is 5. The van der Waals surface area contributed by atoms with Crippen molar-refractivity contribution in [3.05, 3.63) is 96.1 Å². The standard InChI is InChI=1S/C31H31N5O4/c1-31(2,3)27-12-11-26(29(38)40-4)36(27)34-30(39)33-25-10-9-22(23-7-5-6-8-24(23)25)20-15-18-35(28(37)19-20)21-13-16-32-17-14-21/h5-14,16-17,19H,15,18H2,1-4H3,(H2,33,34,39). The van der Waals surface area contributed by atoms with Crippen LogP contribution in [0.25, 0.3) is 16.3 Å². The monoisotopic (exact) mass is 537 g/mol. The fourth-order valence-corrected chi connectivity index (χ4v) is 4.98. The number of amides is 3. The second-order valence-electron chi connectivity index (χ2n) is 10.6. The second-order valence-corrected chi connectivity index (χ2v) is 10.6. The third kappa shape index (κ3) is 5.18. The molecule has 2 aromatic carbocycles. The Hall–Kier alpha value is -4.92. The van der Waals surface area contributed by atoms with E-state index in [-0.39, 0.29) is 17.0 Å². The number of benzene rings is 2. The summed E-state index contributed by atoms with van der Waals surface area (Å²) in [7, 11) is 1.30. The van der Waals surface area contributed by atoms with Gasteiger partial charge in [0.05, 0.1) is 12.8 Å². The van der Waals surface area contributed by atoms with Gasteiger partial charge in [-0.05, 0) is 53.3 Å². The molecule has 0 aliphatic carbocycles. The quantitative estimate of drug-likeness (QED) is 0.317. The van der Waals surface area contributed by atoms with Crippen LogP contribution in [0.5, 0.6) is 0 Å². The summed E-state index contributed by atoms with van der Waals surface area (Å²) in [6, 6.07) is 18.1. The van der Waals surface area contributed by atoms with Crippen LogP contribution in [0.1, 0.15) is 48.9 Å². The molecule has 0 saturated carbocycles. The molecule has 204 valence electrons. The van der Waals surface area contributed by atoms with Crippen LogP contribution in [0.15, 0.2) is 79.1 Å². The number of fused-ring (bicyclic) bond motifs is 1. The van der Waals surface area contributed by atoms with E-state index >= 15 is 0 Å². The number of urea groups is 1. The molecule has 1 aliphatic rings. The van der Waals surface area contributed by atoms with Gasteiger partial charge in [0.2, 0.25) is 0 Å². The van der Waals surface area contributed by atoms with Gasteiger partial charge in [0.25, 0.3) is 5.91 Å². The first kappa shape index (κ1) is 26.7. The first-order valence-corrected chi connectivity index (χ1v) is 13.0. The minimum atomic E-state index is -0.552. The van der Waals surface area contributed by atoms with Crippen LogP contribution in [0.3, 0.4) is 0 Å². The molecule has 5 rings (SSSR count). The molecule has 2 aromatic heterocycles. The largest absolute Gasteiger partial charge is 0.464 e. The Morgan fingerprint density at radius 2 is 1.68 bits per heavy atom. The summed E-state index contributed by atoms with van der Waals surface area (Å²) in [4.78, 5) is 44.3.